The first-order valence-electron chi connectivity index (χ1n) is 11.3. The Morgan fingerprint density at radius 2 is 1.65 bits per heavy atom. The summed E-state index contributed by atoms with van der Waals surface area (Å²) in [6.07, 6.45) is 8.12. The second-order valence-electron chi connectivity index (χ2n) is 8.51. The summed E-state index contributed by atoms with van der Waals surface area (Å²) in [6, 6.07) is 0. The molecule has 3 aliphatic heterocycles. The molecule has 150 valence electrons. The van der Waals surface area contributed by atoms with Gasteiger partial charge in [-0.15, -0.1) is 0 Å². The molecule has 1 N–H and O–H groups in total. The number of piperidine rings is 1. The number of likely N-dealkylation sites (tertiary alicyclic amines) is 3. The fraction of sp³-hybridized carbons (Fsp3) is 0.952. The smallest absolute Gasteiger partial charge is 0.193 e. The molecule has 5 heteroatoms. The molecular formula is C21H41N5. The molecule has 5 nitrogen and oxygen atoms in total. The predicted molar refractivity (Wildman–Crippen MR) is 111 cm³/mol. The van der Waals surface area contributed by atoms with Gasteiger partial charge in [-0.1, -0.05) is 6.92 Å². The van der Waals surface area contributed by atoms with E-state index in [2.05, 4.69) is 33.9 Å². The zero-order valence-electron chi connectivity index (χ0n) is 17.3. The minimum absolute atomic E-state index is 0.829. The third-order valence-corrected chi connectivity index (χ3v) is 6.59. The van der Waals surface area contributed by atoms with Gasteiger partial charge in [0.05, 0.1) is 0 Å². The minimum atomic E-state index is 0.829. The third-order valence-electron chi connectivity index (χ3n) is 6.59. The Kier molecular flexibility index (Phi) is 8.06. The van der Waals surface area contributed by atoms with E-state index in [0.717, 1.165) is 24.9 Å². The van der Waals surface area contributed by atoms with Crippen LogP contribution in [0.1, 0.15) is 52.4 Å². The molecule has 3 aliphatic rings. The van der Waals surface area contributed by atoms with Crippen molar-refractivity contribution in [1.29, 1.82) is 0 Å². The lowest BCUT2D eigenvalue weighted by molar-refractivity contribution is 0.188. The van der Waals surface area contributed by atoms with E-state index >= 15 is 0 Å². The Balaban J connectivity index is 1.42. The largest absolute Gasteiger partial charge is 0.357 e. The lowest BCUT2D eigenvalue weighted by Crippen LogP contribution is -2.41. The molecule has 0 bridgehead atoms. The Morgan fingerprint density at radius 3 is 2.35 bits per heavy atom. The van der Waals surface area contributed by atoms with Crippen LogP contribution in [0.5, 0.6) is 0 Å². The Labute approximate surface area is 161 Å². The van der Waals surface area contributed by atoms with Crippen molar-refractivity contribution in [2.75, 3.05) is 65.4 Å². The first-order valence-corrected chi connectivity index (χ1v) is 11.3. The second kappa shape index (κ2) is 10.5. The molecule has 3 fully saturated rings. The fourth-order valence-electron chi connectivity index (χ4n) is 4.87. The van der Waals surface area contributed by atoms with Crippen molar-refractivity contribution in [2.45, 2.75) is 52.4 Å². The monoisotopic (exact) mass is 363 g/mol. The number of rotatable bonds is 7. The fourth-order valence-corrected chi connectivity index (χ4v) is 4.87. The molecular weight excluding hydrogens is 322 g/mol. The second-order valence-corrected chi connectivity index (χ2v) is 8.51. The molecule has 0 aromatic rings. The summed E-state index contributed by atoms with van der Waals surface area (Å²) in [4.78, 5) is 12.8. The van der Waals surface area contributed by atoms with Crippen LogP contribution >= 0.6 is 0 Å². The highest BCUT2D eigenvalue weighted by molar-refractivity contribution is 5.80. The summed E-state index contributed by atoms with van der Waals surface area (Å²) < 4.78 is 0. The maximum Gasteiger partial charge on any atom is 0.193 e. The molecule has 3 saturated heterocycles. The molecule has 0 radical (unpaired) electrons. The minimum Gasteiger partial charge on any atom is -0.357 e. The van der Waals surface area contributed by atoms with Gasteiger partial charge in [-0.25, -0.2) is 0 Å². The van der Waals surface area contributed by atoms with Crippen LogP contribution in [0, 0.1) is 11.8 Å². The average molecular weight is 364 g/mol. The SMILES string of the molecule is CCNC(=NCCC1CCN(CC)CC1)N1CCC(CN2CCCC2)C1. The van der Waals surface area contributed by atoms with Gasteiger partial charge in [0.1, 0.15) is 0 Å². The standard InChI is InChI=1S/C21H41N5/c1-3-22-21(23-11-7-19-8-14-24(4-2)15-9-19)26-16-10-20(18-26)17-25-12-5-6-13-25/h19-20H,3-18H2,1-2H3,(H,22,23). The highest BCUT2D eigenvalue weighted by atomic mass is 15.3. The Morgan fingerprint density at radius 1 is 0.923 bits per heavy atom. The van der Waals surface area contributed by atoms with Crippen molar-refractivity contribution in [3.05, 3.63) is 0 Å². The molecule has 3 rings (SSSR count). The van der Waals surface area contributed by atoms with Crippen molar-refractivity contribution < 1.29 is 0 Å². The van der Waals surface area contributed by atoms with Crippen LogP contribution in [0.2, 0.25) is 0 Å². The Hall–Kier alpha value is -0.810. The van der Waals surface area contributed by atoms with Gasteiger partial charge in [0.2, 0.25) is 0 Å². The lowest BCUT2D eigenvalue weighted by atomic mass is 9.94. The van der Waals surface area contributed by atoms with Gasteiger partial charge in [0.15, 0.2) is 5.96 Å². The first kappa shape index (κ1) is 19.9. The summed E-state index contributed by atoms with van der Waals surface area (Å²) in [5.41, 5.74) is 0. The van der Waals surface area contributed by atoms with Gasteiger partial charge in [-0.05, 0) is 90.0 Å². The van der Waals surface area contributed by atoms with E-state index in [4.69, 9.17) is 4.99 Å². The van der Waals surface area contributed by atoms with E-state index in [0.29, 0.717) is 0 Å². The highest BCUT2D eigenvalue weighted by Crippen LogP contribution is 2.22. The number of nitrogens with one attached hydrogen (secondary N) is 1. The summed E-state index contributed by atoms with van der Waals surface area (Å²) in [6.45, 7) is 16.5. The zero-order valence-corrected chi connectivity index (χ0v) is 17.3. The Bertz CT molecular complexity index is 424. The maximum absolute atomic E-state index is 5.00. The van der Waals surface area contributed by atoms with Crippen LogP contribution in [0.4, 0.5) is 0 Å². The molecule has 0 aliphatic carbocycles. The molecule has 0 saturated carbocycles. The van der Waals surface area contributed by atoms with Gasteiger partial charge < -0.3 is 20.0 Å². The highest BCUT2D eigenvalue weighted by Gasteiger charge is 2.27. The summed E-state index contributed by atoms with van der Waals surface area (Å²) in [5.74, 6) is 2.88. The molecule has 1 unspecified atom stereocenters. The molecule has 0 amide bonds. The van der Waals surface area contributed by atoms with Crippen LogP contribution in [0.15, 0.2) is 4.99 Å². The number of hydrogen-bond donors (Lipinski definition) is 1. The van der Waals surface area contributed by atoms with Crippen LogP contribution < -0.4 is 5.32 Å². The lowest BCUT2D eigenvalue weighted by Gasteiger charge is -2.30. The van der Waals surface area contributed by atoms with Crippen LogP contribution in [-0.4, -0.2) is 86.1 Å². The molecule has 26 heavy (non-hydrogen) atoms. The van der Waals surface area contributed by atoms with Crippen LogP contribution in [0.3, 0.4) is 0 Å². The predicted octanol–water partition coefficient (Wildman–Crippen LogP) is 2.49. The van der Waals surface area contributed by atoms with E-state index in [1.807, 2.05) is 0 Å². The van der Waals surface area contributed by atoms with Gasteiger partial charge >= 0.3 is 0 Å². The van der Waals surface area contributed by atoms with E-state index < -0.39 is 0 Å². The van der Waals surface area contributed by atoms with Gasteiger partial charge in [-0.3, -0.25) is 4.99 Å². The topological polar surface area (TPSA) is 34.1 Å². The average Bonchev–Trinajstić information content (AvgIpc) is 3.34. The van der Waals surface area contributed by atoms with Crippen LogP contribution in [-0.2, 0) is 0 Å². The molecule has 1 atom stereocenters. The van der Waals surface area contributed by atoms with Crippen LogP contribution in [0.25, 0.3) is 0 Å². The van der Waals surface area contributed by atoms with Crippen molar-refractivity contribution in [3.8, 4) is 0 Å². The van der Waals surface area contributed by atoms with Gasteiger partial charge in [0.25, 0.3) is 0 Å². The number of aliphatic imine (C=N–C) groups is 1. The molecule has 0 aromatic carbocycles. The van der Waals surface area contributed by atoms with E-state index in [1.165, 1.54) is 96.8 Å². The maximum atomic E-state index is 5.00. The van der Waals surface area contributed by atoms with E-state index in [-0.39, 0.29) is 0 Å². The first-order chi connectivity index (χ1) is 12.8. The number of hydrogen-bond acceptors (Lipinski definition) is 3. The summed E-state index contributed by atoms with van der Waals surface area (Å²) in [5, 5.41) is 3.55. The van der Waals surface area contributed by atoms with Crippen molar-refractivity contribution in [3.63, 3.8) is 0 Å². The van der Waals surface area contributed by atoms with E-state index in [9.17, 15) is 0 Å². The number of nitrogens with zero attached hydrogens (tertiary/aromatic N) is 4. The third kappa shape index (κ3) is 5.85. The summed E-state index contributed by atoms with van der Waals surface area (Å²) >= 11 is 0. The van der Waals surface area contributed by atoms with Crippen molar-refractivity contribution >= 4 is 5.96 Å². The van der Waals surface area contributed by atoms with E-state index in [1.54, 1.807) is 0 Å². The van der Waals surface area contributed by atoms with Gasteiger partial charge in [0, 0.05) is 32.7 Å². The van der Waals surface area contributed by atoms with Crippen molar-refractivity contribution in [1.82, 2.24) is 20.0 Å². The zero-order chi connectivity index (χ0) is 18.2. The van der Waals surface area contributed by atoms with Crippen molar-refractivity contribution in [2.24, 2.45) is 16.8 Å². The summed E-state index contributed by atoms with van der Waals surface area (Å²) in [7, 11) is 0. The molecule has 0 spiro atoms. The quantitative estimate of drug-likeness (QED) is 0.557. The molecule has 3 heterocycles. The molecule has 0 aromatic heterocycles. The van der Waals surface area contributed by atoms with Gasteiger partial charge in [-0.2, -0.15) is 0 Å². The normalized spacial score (nSPS) is 26.8. The number of guanidine groups is 1.